The van der Waals surface area contributed by atoms with Crippen molar-refractivity contribution in [3.8, 4) is 5.75 Å². The summed E-state index contributed by atoms with van der Waals surface area (Å²) in [7, 11) is -0.570. The zero-order valence-corrected chi connectivity index (χ0v) is 22.2. The van der Waals surface area contributed by atoms with Crippen LogP contribution in [-0.4, -0.2) is 95.1 Å². The molecule has 1 aromatic carbocycles. The summed E-state index contributed by atoms with van der Waals surface area (Å²) in [5.41, 5.74) is 1.68. The van der Waals surface area contributed by atoms with Crippen molar-refractivity contribution in [2.24, 2.45) is 5.41 Å². The Morgan fingerprint density at radius 1 is 1.06 bits per heavy atom. The maximum atomic E-state index is 13.1. The van der Waals surface area contributed by atoms with Crippen molar-refractivity contribution in [1.82, 2.24) is 14.1 Å². The normalized spacial score (nSPS) is 19.1. The summed E-state index contributed by atoms with van der Waals surface area (Å²) < 4.78 is 38.3. The standard InChI is InChI=1S/C25H41N3O5S/c1-6-27-11-7-25(8-12-27)9-13-28(14-10-25)23(29)19-33-16-15-26(4)34(30,31)24-20(2)17-22(32-5)18-21(24)3/h17-18H,6-16,19H2,1-5H3. The smallest absolute Gasteiger partial charge is 0.248 e. The first-order chi connectivity index (χ1) is 16.1. The molecule has 0 saturated carbocycles. The molecule has 2 heterocycles. The molecule has 0 N–H and O–H groups in total. The summed E-state index contributed by atoms with van der Waals surface area (Å²) in [6.07, 6.45) is 4.59. The van der Waals surface area contributed by atoms with E-state index >= 15 is 0 Å². The van der Waals surface area contributed by atoms with Crippen LogP contribution >= 0.6 is 0 Å². The fourth-order valence-electron chi connectivity index (χ4n) is 5.23. The second-order valence-electron chi connectivity index (χ2n) is 9.78. The van der Waals surface area contributed by atoms with Crippen molar-refractivity contribution in [3.05, 3.63) is 23.3 Å². The van der Waals surface area contributed by atoms with Gasteiger partial charge >= 0.3 is 0 Å². The molecule has 1 aromatic rings. The van der Waals surface area contributed by atoms with Crippen molar-refractivity contribution in [3.63, 3.8) is 0 Å². The highest BCUT2D eigenvalue weighted by Gasteiger charge is 2.38. The molecule has 0 aromatic heterocycles. The highest BCUT2D eigenvalue weighted by molar-refractivity contribution is 7.89. The summed E-state index contributed by atoms with van der Waals surface area (Å²) in [4.78, 5) is 17.3. The summed E-state index contributed by atoms with van der Waals surface area (Å²) >= 11 is 0. The average molecular weight is 496 g/mol. The number of carbonyl (C=O) groups is 1. The van der Waals surface area contributed by atoms with Crippen LogP contribution in [0.5, 0.6) is 5.75 Å². The van der Waals surface area contributed by atoms with Crippen LogP contribution in [0.15, 0.2) is 17.0 Å². The van der Waals surface area contributed by atoms with Crippen molar-refractivity contribution < 1.29 is 22.7 Å². The monoisotopic (exact) mass is 495 g/mol. The van der Waals surface area contributed by atoms with E-state index < -0.39 is 10.0 Å². The summed E-state index contributed by atoms with van der Waals surface area (Å²) in [6, 6.07) is 3.44. The molecule has 1 amide bonds. The van der Waals surface area contributed by atoms with Crippen LogP contribution in [0.4, 0.5) is 0 Å². The lowest BCUT2D eigenvalue weighted by atomic mass is 9.71. The van der Waals surface area contributed by atoms with E-state index in [0.29, 0.717) is 27.2 Å². The fourth-order valence-corrected chi connectivity index (χ4v) is 6.79. The second-order valence-corrected chi connectivity index (χ2v) is 11.8. The highest BCUT2D eigenvalue weighted by Crippen LogP contribution is 2.41. The van der Waals surface area contributed by atoms with E-state index in [1.54, 1.807) is 33.1 Å². The number of rotatable bonds is 9. The Bertz CT molecular complexity index is 924. The van der Waals surface area contributed by atoms with Crippen LogP contribution in [0, 0.1) is 19.3 Å². The molecule has 0 radical (unpaired) electrons. The number of likely N-dealkylation sites (tertiary alicyclic amines) is 2. The summed E-state index contributed by atoms with van der Waals surface area (Å²) in [6.45, 7) is 11.1. The molecule has 2 fully saturated rings. The number of sulfonamides is 1. The molecule has 1 spiro atoms. The van der Waals surface area contributed by atoms with E-state index in [9.17, 15) is 13.2 Å². The van der Waals surface area contributed by atoms with Gasteiger partial charge in [-0.3, -0.25) is 4.79 Å². The van der Waals surface area contributed by atoms with E-state index in [1.807, 2.05) is 4.90 Å². The van der Waals surface area contributed by atoms with Gasteiger partial charge in [0, 0.05) is 26.7 Å². The summed E-state index contributed by atoms with van der Waals surface area (Å²) in [5, 5.41) is 0. The van der Waals surface area contributed by atoms with E-state index in [4.69, 9.17) is 9.47 Å². The number of carbonyl (C=O) groups excluding carboxylic acids is 1. The van der Waals surface area contributed by atoms with Crippen LogP contribution in [0.25, 0.3) is 0 Å². The molecule has 2 saturated heterocycles. The summed E-state index contributed by atoms with van der Waals surface area (Å²) in [5.74, 6) is 0.627. The van der Waals surface area contributed by atoms with Gasteiger partial charge in [-0.2, -0.15) is 4.31 Å². The lowest BCUT2D eigenvalue weighted by molar-refractivity contribution is -0.139. The number of amides is 1. The van der Waals surface area contributed by atoms with Gasteiger partial charge in [0.05, 0.1) is 18.6 Å². The Kier molecular flexibility index (Phi) is 9.00. The van der Waals surface area contributed by atoms with Crippen LogP contribution in [0.3, 0.4) is 0 Å². The Labute approximate surface area is 205 Å². The average Bonchev–Trinajstić information content (AvgIpc) is 2.81. The van der Waals surface area contributed by atoms with Gasteiger partial charge in [-0.05, 0) is 87.8 Å². The lowest BCUT2D eigenvalue weighted by Crippen LogP contribution is -2.48. The fraction of sp³-hybridized carbons (Fsp3) is 0.720. The van der Waals surface area contributed by atoms with E-state index in [0.717, 1.165) is 32.5 Å². The molecule has 192 valence electrons. The Morgan fingerprint density at radius 2 is 1.62 bits per heavy atom. The minimum Gasteiger partial charge on any atom is -0.497 e. The van der Waals surface area contributed by atoms with E-state index in [-0.39, 0.29) is 25.7 Å². The molecule has 9 heteroatoms. The maximum absolute atomic E-state index is 13.1. The van der Waals surface area contributed by atoms with Crippen LogP contribution < -0.4 is 4.74 Å². The number of nitrogens with zero attached hydrogens (tertiary/aromatic N) is 3. The SMILES string of the molecule is CCN1CCC2(CC1)CCN(C(=O)COCCN(C)S(=O)(=O)c1c(C)cc(OC)cc1C)CC2. The Balaban J connectivity index is 1.43. The minimum absolute atomic E-state index is 0.00630. The van der Waals surface area contributed by atoms with Gasteiger partial charge in [-0.25, -0.2) is 8.42 Å². The van der Waals surface area contributed by atoms with Crippen molar-refractivity contribution in [2.75, 3.05) is 66.6 Å². The second kappa shape index (κ2) is 11.4. The predicted molar refractivity (Wildman–Crippen MR) is 133 cm³/mol. The lowest BCUT2D eigenvalue weighted by Gasteiger charge is -2.46. The molecule has 0 unspecified atom stereocenters. The van der Waals surface area contributed by atoms with E-state index in [2.05, 4.69) is 11.8 Å². The van der Waals surface area contributed by atoms with Crippen molar-refractivity contribution >= 4 is 15.9 Å². The highest BCUT2D eigenvalue weighted by atomic mass is 32.2. The number of piperidine rings is 2. The third-order valence-electron chi connectivity index (χ3n) is 7.65. The van der Waals surface area contributed by atoms with Gasteiger partial charge < -0.3 is 19.3 Å². The van der Waals surface area contributed by atoms with Gasteiger partial charge in [0.25, 0.3) is 0 Å². The molecule has 0 bridgehead atoms. The Morgan fingerprint density at radius 3 is 2.15 bits per heavy atom. The third kappa shape index (κ3) is 6.11. The minimum atomic E-state index is -3.67. The first-order valence-electron chi connectivity index (χ1n) is 12.3. The number of ether oxygens (including phenoxy) is 2. The van der Waals surface area contributed by atoms with Crippen LogP contribution in [-0.2, 0) is 19.6 Å². The van der Waals surface area contributed by atoms with Gasteiger partial charge in [0.2, 0.25) is 15.9 Å². The molecule has 8 nitrogen and oxygen atoms in total. The Hall–Kier alpha value is -1.68. The molecular formula is C25H41N3O5S. The van der Waals surface area contributed by atoms with Gasteiger partial charge in [-0.1, -0.05) is 6.92 Å². The number of hydrogen-bond acceptors (Lipinski definition) is 6. The van der Waals surface area contributed by atoms with Gasteiger partial charge in [0.15, 0.2) is 0 Å². The molecule has 2 aliphatic heterocycles. The van der Waals surface area contributed by atoms with Crippen molar-refractivity contribution in [2.45, 2.75) is 51.3 Å². The molecule has 2 aliphatic rings. The molecule has 34 heavy (non-hydrogen) atoms. The van der Waals surface area contributed by atoms with Crippen molar-refractivity contribution in [1.29, 1.82) is 0 Å². The molecule has 0 atom stereocenters. The maximum Gasteiger partial charge on any atom is 0.248 e. The van der Waals surface area contributed by atoms with Crippen LogP contribution in [0.2, 0.25) is 0 Å². The number of likely N-dealkylation sites (N-methyl/N-ethyl adjacent to an activating group) is 1. The number of aryl methyl sites for hydroxylation is 2. The van der Waals surface area contributed by atoms with E-state index in [1.165, 1.54) is 37.3 Å². The molecular weight excluding hydrogens is 454 g/mol. The topological polar surface area (TPSA) is 79.4 Å². The number of methoxy groups -OCH3 is 1. The third-order valence-corrected chi connectivity index (χ3v) is 9.82. The molecule has 3 rings (SSSR count). The largest absolute Gasteiger partial charge is 0.497 e. The first kappa shape index (κ1) is 26.9. The zero-order chi connectivity index (χ0) is 24.9. The first-order valence-corrected chi connectivity index (χ1v) is 13.8. The molecule has 0 aliphatic carbocycles. The van der Waals surface area contributed by atoms with Gasteiger partial charge in [0.1, 0.15) is 12.4 Å². The van der Waals surface area contributed by atoms with Gasteiger partial charge in [-0.15, -0.1) is 0 Å². The predicted octanol–water partition coefficient (Wildman–Crippen LogP) is 2.67. The van der Waals surface area contributed by atoms with Crippen LogP contribution in [0.1, 0.15) is 43.7 Å². The quantitative estimate of drug-likeness (QED) is 0.490. The number of benzene rings is 1. The zero-order valence-electron chi connectivity index (χ0n) is 21.4. The number of hydrogen-bond donors (Lipinski definition) is 0.